The Morgan fingerprint density at radius 1 is 0.463 bits per heavy atom. The van der Waals surface area contributed by atoms with E-state index in [1.807, 2.05) is 28.2 Å². The maximum Gasteiger partial charge on any atom is 0.322 e. The Morgan fingerprint density at radius 2 is 0.796 bits per heavy atom. The first-order valence-corrected chi connectivity index (χ1v) is 22.8. The van der Waals surface area contributed by atoms with Gasteiger partial charge in [0.15, 0.2) is 0 Å². The summed E-state index contributed by atoms with van der Waals surface area (Å²) in [5.74, 6) is -0.715. The summed E-state index contributed by atoms with van der Waals surface area (Å²) >= 11 is 0. The van der Waals surface area contributed by atoms with Crippen molar-refractivity contribution in [3.8, 4) is 0 Å². The third kappa shape index (κ3) is 29.0. The van der Waals surface area contributed by atoms with Crippen LogP contribution in [0.3, 0.4) is 0 Å². The molecule has 1 aliphatic heterocycles. The molecule has 1 rings (SSSR count). The Kier molecular flexibility index (Phi) is 33.9. The highest BCUT2D eigenvalue weighted by Crippen LogP contribution is 2.29. The van der Waals surface area contributed by atoms with Gasteiger partial charge in [0.05, 0.1) is 13.1 Å². The fourth-order valence-electron chi connectivity index (χ4n) is 7.23. The molecule has 0 amide bonds. The van der Waals surface area contributed by atoms with Gasteiger partial charge in [0.25, 0.3) is 0 Å². The summed E-state index contributed by atoms with van der Waals surface area (Å²) < 4.78 is 30.5. The summed E-state index contributed by atoms with van der Waals surface area (Å²) in [5.41, 5.74) is 0. The average Bonchev–Trinajstić information content (AvgIpc) is 3.44. The first-order chi connectivity index (χ1) is 26.3. The Balaban J connectivity index is 2.54. The molecule has 0 radical (unpaired) electrons. The van der Waals surface area contributed by atoms with Crippen LogP contribution in [0.5, 0.6) is 0 Å². The van der Waals surface area contributed by atoms with E-state index in [1.165, 1.54) is 154 Å². The summed E-state index contributed by atoms with van der Waals surface area (Å²) in [6.07, 6.45) is 33.8. The zero-order valence-corrected chi connectivity index (χ0v) is 36.4. The Labute approximate surface area is 333 Å². The van der Waals surface area contributed by atoms with Crippen molar-refractivity contribution < 1.29 is 33.3 Å². The standard InChI is InChI=1S/C45H88N2O7/c1-7-9-11-13-15-17-19-21-23-25-27-29-31-33-35-50-43-40(39-52-41(48)37-46(3)4)53-45(54-42(49)38-47(5)6)44(43)51-36-34-32-30-28-26-24-22-20-18-16-14-12-10-8-2/h40,43-45H,7-39H2,1-6H3/t40-,43?,44?,45+/m1/s1. The minimum atomic E-state index is -0.914. The lowest BCUT2D eigenvalue weighted by Crippen LogP contribution is -2.41. The number of carbonyl (C=O) groups is 2. The Morgan fingerprint density at radius 3 is 1.17 bits per heavy atom. The average molecular weight is 769 g/mol. The highest BCUT2D eigenvalue weighted by molar-refractivity contribution is 5.72. The van der Waals surface area contributed by atoms with Gasteiger partial charge in [-0.3, -0.25) is 19.4 Å². The molecule has 1 fully saturated rings. The lowest BCUT2D eigenvalue weighted by Gasteiger charge is -2.25. The third-order valence-corrected chi connectivity index (χ3v) is 10.4. The van der Waals surface area contributed by atoms with Gasteiger partial charge in [0.1, 0.15) is 24.9 Å². The molecule has 0 bridgehead atoms. The first kappa shape index (κ1) is 50.8. The maximum absolute atomic E-state index is 12.7. The number of carbonyl (C=O) groups excluding carboxylic acids is 2. The fraction of sp³-hybridized carbons (Fsp3) is 0.956. The largest absolute Gasteiger partial charge is 0.462 e. The molecule has 320 valence electrons. The van der Waals surface area contributed by atoms with Crippen molar-refractivity contribution in [2.75, 3.05) is 61.1 Å². The van der Waals surface area contributed by atoms with Gasteiger partial charge in [0.2, 0.25) is 6.29 Å². The summed E-state index contributed by atoms with van der Waals surface area (Å²) in [6, 6.07) is 0. The summed E-state index contributed by atoms with van der Waals surface area (Å²) in [7, 11) is 7.32. The zero-order chi connectivity index (χ0) is 39.5. The Hall–Kier alpha value is -1.26. The van der Waals surface area contributed by atoms with Crippen LogP contribution in [0.15, 0.2) is 0 Å². The summed E-state index contributed by atoms with van der Waals surface area (Å²) in [5, 5.41) is 0. The van der Waals surface area contributed by atoms with E-state index in [1.54, 1.807) is 9.80 Å². The van der Waals surface area contributed by atoms with E-state index in [2.05, 4.69) is 13.8 Å². The summed E-state index contributed by atoms with van der Waals surface area (Å²) in [6.45, 7) is 5.99. The van der Waals surface area contributed by atoms with E-state index >= 15 is 0 Å². The van der Waals surface area contributed by atoms with E-state index < -0.39 is 24.6 Å². The second-order valence-electron chi connectivity index (χ2n) is 16.6. The molecule has 0 aromatic heterocycles. The van der Waals surface area contributed by atoms with Crippen LogP contribution in [-0.4, -0.2) is 107 Å². The molecule has 9 heteroatoms. The van der Waals surface area contributed by atoms with E-state index in [0.717, 1.165) is 25.7 Å². The Bertz CT molecular complexity index is 858. The summed E-state index contributed by atoms with van der Waals surface area (Å²) in [4.78, 5) is 28.7. The lowest BCUT2D eigenvalue weighted by molar-refractivity contribution is -0.197. The highest BCUT2D eigenvalue weighted by atomic mass is 16.7. The molecule has 1 saturated heterocycles. The molecule has 0 aromatic carbocycles. The minimum Gasteiger partial charge on any atom is -0.462 e. The molecule has 4 atom stereocenters. The van der Waals surface area contributed by atoms with Gasteiger partial charge >= 0.3 is 11.9 Å². The molecule has 1 heterocycles. The van der Waals surface area contributed by atoms with Crippen molar-refractivity contribution in [2.45, 2.75) is 218 Å². The SMILES string of the molecule is CCCCCCCCCCCCCCCCOC1C(OCCCCCCCCCCCCCCCC)[C@@H](COC(=O)CN(C)C)O[C@H]1OC(=O)CN(C)C. The molecule has 0 N–H and O–H groups in total. The van der Waals surface area contributed by atoms with Crippen LogP contribution in [-0.2, 0) is 33.3 Å². The molecule has 9 nitrogen and oxygen atoms in total. The van der Waals surface area contributed by atoms with E-state index in [9.17, 15) is 9.59 Å². The molecule has 0 aromatic rings. The van der Waals surface area contributed by atoms with Gasteiger partial charge < -0.3 is 23.7 Å². The first-order valence-electron chi connectivity index (χ1n) is 22.8. The van der Waals surface area contributed by atoms with E-state index in [4.69, 9.17) is 23.7 Å². The second kappa shape index (κ2) is 36.1. The lowest BCUT2D eigenvalue weighted by atomic mass is 10.0. The smallest absolute Gasteiger partial charge is 0.322 e. The molecule has 0 spiro atoms. The number of hydrogen-bond acceptors (Lipinski definition) is 9. The van der Waals surface area contributed by atoms with Gasteiger partial charge in [-0.2, -0.15) is 0 Å². The predicted molar refractivity (Wildman–Crippen MR) is 223 cm³/mol. The monoisotopic (exact) mass is 769 g/mol. The van der Waals surface area contributed by atoms with Crippen LogP contribution < -0.4 is 0 Å². The number of hydrogen-bond donors (Lipinski definition) is 0. The van der Waals surface area contributed by atoms with Crippen LogP contribution in [0.1, 0.15) is 194 Å². The van der Waals surface area contributed by atoms with Crippen molar-refractivity contribution in [1.29, 1.82) is 0 Å². The van der Waals surface area contributed by atoms with Crippen LogP contribution in [0.25, 0.3) is 0 Å². The van der Waals surface area contributed by atoms with Gasteiger partial charge in [-0.1, -0.05) is 181 Å². The van der Waals surface area contributed by atoms with Crippen molar-refractivity contribution in [3.63, 3.8) is 0 Å². The van der Waals surface area contributed by atoms with Gasteiger partial charge in [0, 0.05) is 13.2 Å². The highest BCUT2D eigenvalue weighted by Gasteiger charge is 2.49. The molecule has 1 aliphatic rings. The minimum absolute atomic E-state index is 0.0243. The van der Waals surface area contributed by atoms with Gasteiger partial charge in [-0.25, -0.2) is 0 Å². The third-order valence-electron chi connectivity index (χ3n) is 10.4. The predicted octanol–water partition coefficient (Wildman–Crippen LogP) is 10.7. The quantitative estimate of drug-likeness (QED) is 0.0448. The van der Waals surface area contributed by atoms with Crippen molar-refractivity contribution in [1.82, 2.24) is 9.80 Å². The molecular weight excluding hydrogens is 681 g/mol. The topological polar surface area (TPSA) is 86.8 Å². The zero-order valence-electron chi connectivity index (χ0n) is 36.4. The number of ether oxygens (including phenoxy) is 5. The van der Waals surface area contributed by atoms with Crippen LogP contribution in [0.4, 0.5) is 0 Å². The van der Waals surface area contributed by atoms with E-state index in [-0.39, 0.29) is 31.6 Å². The molecule has 54 heavy (non-hydrogen) atoms. The number of unbranched alkanes of at least 4 members (excludes halogenated alkanes) is 26. The molecular formula is C45H88N2O7. The number of likely N-dealkylation sites (N-methyl/N-ethyl adjacent to an activating group) is 2. The van der Waals surface area contributed by atoms with Crippen molar-refractivity contribution in [3.05, 3.63) is 0 Å². The second-order valence-corrected chi connectivity index (χ2v) is 16.6. The van der Waals surface area contributed by atoms with Crippen molar-refractivity contribution in [2.24, 2.45) is 0 Å². The van der Waals surface area contributed by atoms with Crippen LogP contribution in [0.2, 0.25) is 0 Å². The fourth-order valence-corrected chi connectivity index (χ4v) is 7.23. The number of rotatable bonds is 39. The van der Waals surface area contributed by atoms with Gasteiger partial charge in [-0.05, 0) is 41.0 Å². The van der Waals surface area contributed by atoms with Crippen LogP contribution >= 0.6 is 0 Å². The van der Waals surface area contributed by atoms with E-state index in [0.29, 0.717) is 13.2 Å². The normalized spacial score (nSPS) is 18.6. The maximum atomic E-state index is 12.7. The molecule has 0 aliphatic carbocycles. The van der Waals surface area contributed by atoms with Gasteiger partial charge in [-0.15, -0.1) is 0 Å². The number of nitrogens with zero attached hydrogens (tertiary/aromatic N) is 2. The van der Waals surface area contributed by atoms with Crippen molar-refractivity contribution >= 4 is 11.9 Å². The van der Waals surface area contributed by atoms with Crippen LogP contribution in [0, 0.1) is 0 Å². The molecule has 2 unspecified atom stereocenters. The number of esters is 2. The molecule has 0 saturated carbocycles.